The van der Waals surface area contributed by atoms with Gasteiger partial charge in [0.15, 0.2) is 17.9 Å². The van der Waals surface area contributed by atoms with E-state index in [9.17, 15) is 68.7 Å². The molecule has 0 radical (unpaired) electrons. The number of likely N-dealkylation sites (N-methyl/N-ethyl adjacent to an activating group) is 1. The number of phenolic OH excluding ortho intramolecular Hbond substituents is 2. The van der Waals surface area contributed by atoms with Crippen LogP contribution in [-0.2, 0) is 62.3 Å². The van der Waals surface area contributed by atoms with E-state index in [1.165, 1.54) is 56.0 Å². The molecule has 77 heavy (non-hydrogen) atoms. The second-order valence-corrected chi connectivity index (χ2v) is 20.2. The molecule has 2 heterocycles. The molecule has 2 fully saturated rings. The summed E-state index contributed by atoms with van der Waals surface area (Å²) in [6.07, 6.45) is -6.09. The Morgan fingerprint density at radius 2 is 1.60 bits per heavy atom. The van der Waals surface area contributed by atoms with Crippen molar-refractivity contribution in [2.75, 3.05) is 33.9 Å². The van der Waals surface area contributed by atoms with Crippen LogP contribution in [0.3, 0.4) is 0 Å². The van der Waals surface area contributed by atoms with Crippen molar-refractivity contribution in [1.82, 2.24) is 25.8 Å². The molecule has 3 aromatic carbocycles. The van der Waals surface area contributed by atoms with Gasteiger partial charge >= 0.3 is 5.97 Å². The predicted octanol–water partition coefficient (Wildman–Crippen LogP) is 0.514. The molecule has 2 aliphatic carbocycles. The van der Waals surface area contributed by atoms with E-state index in [1.807, 2.05) is 6.92 Å². The lowest BCUT2D eigenvalue weighted by Crippen LogP contribution is -2.59. The van der Waals surface area contributed by atoms with Gasteiger partial charge in [-0.25, -0.2) is 0 Å². The van der Waals surface area contributed by atoms with Crippen LogP contribution in [0, 0.1) is 5.92 Å². The van der Waals surface area contributed by atoms with Crippen molar-refractivity contribution in [2.45, 2.75) is 133 Å². The Bertz CT molecular complexity index is 2860. The maximum absolute atomic E-state index is 14.1. The maximum atomic E-state index is 14.1. The fourth-order valence-corrected chi connectivity index (χ4v) is 10.7. The van der Waals surface area contributed by atoms with Crippen LogP contribution >= 0.6 is 0 Å². The van der Waals surface area contributed by atoms with Crippen molar-refractivity contribution in [1.29, 1.82) is 0 Å². The van der Waals surface area contributed by atoms with Gasteiger partial charge in [-0.2, -0.15) is 0 Å². The number of methoxy groups -OCH3 is 1. The number of likely N-dealkylation sites (tertiary alicyclic amines) is 1. The summed E-state index contributed by atoms with van der Waals surface area (Å²) >= 11 is 0. The number of carboxylic acid groups (broad SMARTS) is 1. The number of carbonyl (C=O) groups excluding carboxylic acids is 8. The summed E-state index contributed by atoms with van der Waals surface area (Å²) < 4.78 is 17.6. The fraction of sp³-hybridized carbons (Fsp3) is 0.500. The number of Topliss-reactive ketones (excluding diaryl/α,β-unsaturated/α-hetero) is 1. The van der Waals surface area contributed by atoms with Crippen LogP contribution in [0.25, 0.3) is 0 Å². The number of carbonyl (C=O) groups is 9. The molecule has 4 aliphatic rings. The summed E-state index contributed by atoms with van der Waals surface area (Å²) in [6, 6.07) is 6.47. The van der Waals surface area contributed by atoms with Crippen LogP contribution in [0.1, 0.15) is 120 Å². The molecule has 9 N–H and O–H groups in total. The summed E-state index contributed by atoms with van der Waals surface area (Å²) in [5.74, 6) is -8.69. The lowest BCUT2D eigenvalue weighted by molar-refractivity contribution is -0.249. The third kappa shape index (κ3) is 11.7. The molecule has 2 aliphatic heterocycles. The molecule has 10 atom stereocenters. The van der Waals surface area contributed by atoms with Gasteiger partial charge in [0.1, 0.15) is 53.7 Å². The third-order valence-electron chi connectivity index (χ3n) is 15.1. The zero-order chi connectivity index (χ0) is 56.4. The highest BCUT2D eigenvalue weighted by atomic mass is 16.7. The van der Waals surface area contributed by atoms with E-state index in [2.05, 4.69) is 16.0 Å². The molecule has 0 aromatic heterocycles. The van der Waals surface area contributed by atoms with Crippen molar-refractivity contribution in [3.05, 3.63) is 87.0 Å². The number of nitrogens with zero attached hydrogens (tertiary/aromatic N) is 2. The minimum atomic E-state index is -2.43. The SMILES string of the molecule is CCC(C)[C@H](C(=O)N[C@@H](C)C(=O)NCC(=O)N1CCC[C@H]1C(=O)N[C@H]1C[C@H](O[C@H]2C[C@](O)(C(=O)CO)Cc3c(O)c4c(c(O)c32)C(=O)c2c(OC)cccc2C4=O)O[C@@H](C)[C@@H]1O)N(C)C(=O)Cc1ccc(CC(=O)O)cc1. The first kappa shape index (κ1) is 57.4. The number of carboxylic acids is 1. The summed E-state index contributed by atoms with van der Waals surface area (Å²) in [6.45, 7) is 4.98. The van der Waals surface area contributed by atoms with Gasteiger partial charge in [0.25, 0.3) is 0 Å². The number of fused-ring (bicyclic) bond motifs is 3. The second kappa shape index (κ2) is 23.5. The number of rotatable bonds is 19. The lowest BCUT2D eigenvalue weighted by Gasteiger charge is -2.43. The number of hydrogen-bond acceptors (Lipinski definition) is 17. The Balaban J connectivity index is 0.996. The van der Waals surface area contributed by atoms with Crippen molar-refractivity contribution in [2.24, 2.45) is 5.92 Å². The Morgan fingerprint density at radius 3 is 2.23 bits per heavy atom. The van der Waals surface area contributed by atoms with Gasteiger partial charge in [0, 0.05) is 49.5 Å². The van der Waals surface area contributed by atoms with Crippen LogP contribution < -0.4 is 20.7 Å². The molecule has 0 bridgehead atoms. The van der Waals surface area contributed by atoms with Crippen molar-refractivity contribution < 1.29 is 88.0 Å². The molecule has 5 amide bonds. The normalized spacial score (nSPS) is 23.8. The standard InChI is InChI=1S/C54H65N5O18/c1-7-25(2)45(58(5)37(62)18-28-13-15-29(16-14-28)19-39(64)65)53(73)56-26(3)51(71)55-23-38(63)59-17-9-11-33(59)52(72)57-32-20-40(76-27(4)46(32)66)77-35-22-54(74,36(61)24-60)21-31-42(35)50(70)44-43(48(31)68)47(67)30-10-8-12-34(75-6)41(30)49(44)69/h8,10,12-16,25-27,32-33,35,40,45-46,60,66,68,70,74H,7,9,11,17-24H2,1-6H3,(H,55,71)(H,56,73)(H,57,72)(H,64,65)/t25?,26-,27-,32-,33-,35-,40-,45+,46-,54-/m0/s1. The zero-order valence-electron chi connectivity index (χ0n) is 43.5. The summed E-state index contributed by atoms with van der Waals surface area (Å²) in [5, 5.41) is 73.5. The first-order chi connectivity index (χ1) is 36.4. The largest absolute Gasteiger partial charge is 0.507 e. The van der Waals surface area contributed by atoms with Crippen molar-refractivity contribution in [3.8, 4) is 17.2 Å². The number of nitrogens with one attached hydrogen (secondary N) is 3. The molecule has 0 saturated carbocycles. The van der Waals surface area contributed by atoms with Gasteiger partial charge in [0.05, 0.1) is 61.4 Å². The second-order valence-electron chi connectivity index (χ2n) is 20.2. The Hall–Kier alpha value is -7.31. The Labute approximate surface area is 442 Å². The van der Waals surface area contributed by atoms with Crippen molar-refractivity contribution >= 4 is 52.9 Å². The molecule has 1 unspecified atom stereocenters. The number of aliphatic hydroxyl groups excluding tert-OH is 2. The molecule has 23 nitrogen and oxygen atoms in total. The van der Waals surface area contributed by atoms with E-state index in [-0.39, 0.29) is 72.1 Å². The van der Waals surface area contributed by atoms with Crippen molar-refractivity contribution in [3.63, 3.8) is 0 Å². The topological polar surface area (TPSA) is 345 Å². The minimum absolute atomic E-state index is 0.0193. The minimum Gasteiger partial charge on any atom is -0.507 e. The van der Waals surface area contributed by atoms with Crippen LogP contribution in [0.4, 0.5) is 0 Å². The van der Waals surface area contributed by atoms with Crippen LogP contribution in [0.15, 0.2) is 42.5 Å². The maximum Gasteiger partial charge on any atom is 0.307 e. The van der Waals surface area contributed by atoms with E-state index in [0.717, 1.165) is 0 Å². The molecule has 7 rings (SSSR count). The number of hydrogen-bond donors (Lipinski definition) is 9. The smallest absolute Gasteiger partial charge is 0.307 e. The van der Waals surface area contributed by atoms with Crippen LogP contribution in [-0.4, -0.2) is 175 Å². The van der Waals surface area contributed by atoms with E-state index in [1.54, 1.807) is 31.2 Å². The van der Waals surface area contributed by atoms with E-state index >= 15 is 0 Å². The highest BCUT2D eigenvalue weighted by Crippen LogP contribution is 2.52. The third-order valence-corrected chi connectivity index (χ3v) is 15.1. The number of ketones is 3. The Morgan fingerprint density at radius 1 is 0.935 bits per heavy atom. The van der Waals surface area contributed by atoms with Crippen LogP contribution in [0.2, 0.25) is 0 Å². The number of benzene rings is 3. The number of ether oxygens (including phenoxy) is 3. The first-order valence-electron chi connectivity index (χ1n) is 25.4. The molecular formula is C54H65N5O18. The number of aromatic hydroxyl groups is 2. The molecular weight excluding hydrogens is 1010 g/mol. The zero-order valence-corrected chi connectivity index (χ0v) is 43.5. The molecule has 2 saturated heterocycles. The fourth-order valence-electron chi connectivity index (χ4n) is 10.7. The van der Waals surface area contributed by atoms with Gasteiger partial charge in [-0.1, -0.05) is 56.7 Å². The summed E-state index contributed by atoms with van der Waals surface area (Å²) in [7, 11) is 2.77. The lowest BCUT2D eigenvalue weighted by atomic mass is 9.72. The molecule has 414 valence electrons. The van der Waals surface area contributed by atoms with Gasteiger partial charge in [-0.3, -0.25) is 43.2 Å². The van der Waals surface area contributed by atoms with E-state index in [4.69, 9.17) is 19.3 Å². The van der Waals surface area contributed by atoms with Gasteiger partial charge < -0.3 is 70.6 Å². The Kier molecular flexibility index (Phi) is 17.5. The van der Waals surface area contributed by atoms with Gasteiger partial charge in [-0.15, -0.1) is 0 Å². The average molecular weight is 1070 g/mol. The number of aliphatic hydroxyl groups is 3. The predicted molar refractivity (Wildman–Crippen MR) is 269 cm³/mol. The van der Waals surface area contributed by atoms with E-state index in [0.29, 0.717) is 24.0 Å². The molecule has 3 aromatic rings. The van der Waals surface area contributed by atoms with Gasteiger partial charge in [0.2, 0.25) is 35.3 Å². The molecule has 23 heteroatoms. The summed E-state index contributed by atoms with van der Waals surface area (Å²) in [5.41, 5.74) is -3.28. The highest BCUT2D eigenvalue weighted by Gasteiger charge is 2.51. The van der Waals surface area contributed by atoms with Crippen LogP contribution in [0.5, 0.6) is 17.2 Å². The quantitative estimate of drug-likeness (QED) is 0.0578. The van der Waals surface area contributed by atoms with E-state index < -0.39 is 150 Å². The highest BCUT2D eigenvalue weighted by molar-refractivity contribution is 6.31. The number of amides is 5. The number of aliphatic carboxylic acids is 1. The monoisotopic (exact) mass is 1070 g/mol. The van der Waals surface area contributed by atoms with Gasteiger partial charge in [-0.05, 0) is 49.8 Å². The molecule has 0 spiro atoms. The summed E-state index contributed by atoms with van der Waals surface area (Å²) in [4.78, 5) is 123. The first-order valence-corrected chi connectivity index (χ1v) is 25.4. The average Bonchev–Trinajstić information content (AvgIpc) is 3.94. The number of phenols is 2.